The molecule has 0 N–H and O–H groups in total. The van der Waals surface area contributed by atoms with Gasteiger partial charge >= 0.3 is 11.9 Å². The lowest BCUT2D eigenvalue weighted by molar-refractivity contribution is 0.0725. The van der Waals surface area contributed by atoms with E-state index >= 15 is 0 Å². The maximum atomic E-state index is 14.5. The monoisotopic (exact) mass is 677 g/mol. The highest BCUT2D eigenvalue weighted by atomic mass is 16.5. The Morgan fingerprint density at radius 1 is 0.569 bits per heavy atom. The van der Waals surface area contributed by atoms with Crippen molar-refractivity contribution >= 4 is 28.9 Å². The van der Waals surface area contributed by atoms with Crippen molar-refractivity contribution in [1.29, 1.82) is 0 Å². The molecule has 7 nitrogen and oxygen atoms in total. The summed E-state index contributed by atoms with van der Waals surface area (Å²) < 4.78 is 17.5. The van der Waals surface area contributed by atoms with Crippen molar-refractivity contribution in [1.82, 2.24) is 4.90 Å². The van der Waals surface area contributed by atoms with Gasteiger partial charge in [0.15, 0.2) is 5.78 Å². The number of esters is 2. The first-order valence-corrected chi connectivity index (χ1v) is 17.5. The molecule has 0 unspecified atom stereocenters. The van der Waals surface area contributed by atoms with Crippen molar-refractivity contribution in [2.24, 2.45) is 0 Å². The van der Waals surface area contributed by atoms with E-state index in [0.717, 1.165) is 47.6 Å². The van der Waals surface area contributed by atoms with Crippen molar-refractivity contribution in [2.75, 3.05) is 26.2 Å². The molecule has 7 heteroatoms. The van der Waals surface area contributed by atoms with E-state index in [9.17, 15) is 14.4 Å². The van der Waals surface area contributed by atoms with Gasteiger partial charge in [0.05, 0.1) is 11.1 Å². The van der Waals surface area contributed by atoms with Crippen LogP contribution in [-0.2, 0) is 6.42 Å². The Balaban J connectivity index is 1.18. The minimum absolute atomic E-state index is 0.133. The first-order chi connectivity index (χ1) is 25.0. The molecular formula is C44H39NO6. The zero-order valence-electron chi connectivity index (χ0n) is 28.4. The fourth-order valence-electron chi connectivity index (χ4n) is 6.73. The van der Waals surface area contributed by atoms with E-state index in [-0.39, 0.29) is 5.78 Å². The molecule has 1 aliphatic carbocycles. The van der Waals surface area contributed by atoms with Crippen LogP contribution in [0.15, 0.2) is 127 Å². The largest absolute Gasteiger partial charge is 0.492 e. The zero-order chi connectivity index (χ0) is 35.0. The SMILES string of the molecule is O=C(Oc1cccc(C2=C(C(=O)c3ccc(OCCN4CCCCC4)cc3)c3ccc(OC(=O)c4ccccc4)cc3CC2)c1)c1ccccc1. The number of ether oxygens (including phenoxy) is 3. The number of hydrogen-bond acceptors (Lipinski definition) is 7. The molecule has 256 valence electrons. The van der Waals surface area contributed by atoms with Gasteiger partial charge in [-0.05, 0) is 134 Å². The van der Waals surface area contributed by atoms with Gasteiger partial charge in [0.25, 0.3) is 0 Å². The lowest BCUT2D eigenvalue weighted by atomic mass is 9.79. The fourth-order valence-corrected chi connectivity index (χ4v) is 6.73. The number of piperidine rings is 1. The molecule has 0 spiro atoms. The number of hydrogen-bond donors (Lipinski definition) is 0. The van der Waals surface area contributed by atoms with Crippen LogP contribution in [0.3, 0.4) is 0 Å². The molecular weight excluding hydrogens is 638 g/mol. The van der Waals surface area contributed by atoms with E-state index in [4.69, 9.17) is 14.2 Å². The summed E-state index contributed by atoms with van der Waals surface area (Å²) in [5, 5.41) is 0. The number of carbonyl (C=O) groups excluding carboxylic acids is 3. The molecule has 0 bridgehead atoms. The van der Waals surface area contributed by atoms with E-state index < -0.39 is 11.9 Å². The van der Waals surface area contributed by atoms with Gasteiger partial charge in [0, 0.05) is 17.7 Å². The summed E-state index contributed by atoms with van der Waals surface area (Å²) >= 11 is 0. The summed E-state index contributed by atoms with van der Waals surface area (Å²) in [7, 11) is 0. The average molecular weight is 678 g/mol. The van der Waals surface area contributed by atoms with Crippen LogP contribution in [0.5, 0.6) is 17.2 Å². The number of rotatable bonds is 11. The maximum absolute atomic E-state index is 14.5. The number of ketones is 1. The van der Waals surface area contributed by atoms with Crippen LogP contribution in [0.4, 0.5) is 0 Å². The summed E-state index contributed by atoms with van der Waals surface area (Å²) in [5.41, 5.74) is 5.32. The number of Topliss-reactive ketones (excluding diaryl/α,β-unsaturated/α-hetero) is 1. The molecule has 1 saturated heterocycles. The molecule has 0 atom stereocenters. The Kier molecular flexibility index (Phi) is 10.5. The van der Waals surface area contributed by atoms with Crippen LogP contribution in [0.2, 0.25) is 0 Å². The molecule has 7 rings (SSSR count). The second-order valence-corrected chi connectivity index (χ2v) is 12.8. The van der Waals surface area contributed by atoms with Crippen LogP contribution < -0.4 is 14.2 Å². The predicted molar refractivity (Wildman–Crippen MR) is 197 cm³/mol. The quantitative estimate of drug-likeness (QED) is 0.0786. The molecule has 1 fully saturated rings. The Labute approximate surface area is 298 Å². The van der Waals surface area contributed by atoms with Crippen LogP contribution in [-0.4, -0.2) is 48.9 Å². The molecule has 0 saturated carbocycles. The van der Waals surface area contributed by atoms with Gasteiger partial charge in [-0.3, -0.25) is 9.69 Å². The van der Waals surface area contributed by atoms with Crippen LogP contribution >= 0.6 is 0 Å². The van der Waals surface area contributed by atoms with Crippen LogP contribution in [0.1, 0.15) is 73.4 Å². The van der Waals surface area contributed by atoms with Crippen molar-refractivity contribution in [3.05, 3.63) is 161 Å². The van der Waals surface area contributed by atoms with Gasteiger partial charge in [-0.1, -0.05) is 61.0 Å². The molecule has 2 aliphatic rings. The summed E-state index contributed by atoms with van der Waals surface area (Å²) in [5.74, 6) is 0.493. The van der Waals surface area contributed by atoms with Crippen molar-refractivity contribution in [3.8, 4) is 17.2 Å². The van der Waals surface area contributed by atoms with E-state index in [1.165, 1.54) is 19.3 Å². The molecule has 1 aliphatic heterocycles. The third-order valence-corrected chi connectivity index (χ3v) is 9.38. The number of benzene rings is 5. The number of nitrogens with zero attached hydrogens (tertiary/aromatic N) is 1. The lowest BCUT2D eigenvalue weighted by Gasteiger charge is -2.26. The number of carbonyl (C=O) groups is 3. The van der Waals surface area contributed by atoms with E-state index in [0.29, 0.717) is 53.2 Å². The summed E-state index contributed by atoms with van der Waals surface area (Å²) in [6.07, 6.45) is 4.95. The summed E-state index contributed by atoms with van der Waals surface area (Å²) in [4.78, 5) is 42.6. The Bertz CT molecular complexity index is 2050. The van der Waals surface area contributed by atoms with Crippen molar-refractivity contribution in [2.45, 2.75) is 32.1 Å². The minimum Gasteiger partial charge on any atom is -0.492 e. The van der Waals surface area contributed by atoms with Gasteiger partial charge in [0.2, 0.25) is 0 Å². The number of fused-ring (bicyclic) bond motifs is 1. The molecule has 0 radical (unpaired) electrons. The summed E-state index contributed by atoms with van der Waals surface area (Å²) in [6.45, 7) is 3.71. The van der Waals surface area contributed by atoms with E-state index in [1.54, 1.807) is 60.7 Å². The number of allylic oxidation sites excluding steroid dienone is 2. The smallest absolute Gasteiger partial charge is 0.343 e. The van der Waals surface area contributed by atoms with Crippen LogP contribution in [0.25, 0.3) is 11.1 Å². The van der Waals surface area contributed by atoms with Gasteiger partial charge in [0.1, 0.15) is 23.9 Å². The topological polar surface area (TPSA) is 82.1 Å². The minimum atomic E-state index is -0.456. The molecule has 0 aromatic heterocycles. The highest BCUT2D eigenvalue weighted by Gasteiger charge is 2.27. The number of likely N-dealkylation sites (tertiary alicyclic amines) is 1. The first kappa shape index (κ1) is 33.7. The summed E-state index contributed by atoms with van der Waals surface area (Å²) in [6, 6.07) is 37.7. The Morgan fingerprint density at radius 2 is 1.20 bits per heavy atom. The van der Waals surface area contributed by atoms with E-state index in [2.05, 4.69) is 4.90 Å². The highest BCUT2D eigenvalue weighted by Crippen LogP contribution is 2.41. The lowest BCUT2D eigenvalue weighted by Crippen LogP contribution is -2.33. The van der Waals surface area contributed by atoms with Gasteiger partial charge < -0.3 is 14.2 Å². The van der Waals surface area contributed by atoms with Gasteiger partial charge in [-0.15, -0.1) is 0 Å². The zero-order valence-corrected chi connectivity index (χ0v) is 28.4. The first-order valence-electron chi connectivity index (χ1n) is 17.5. The highest BCUT2D eigenvalue weighted by molar-refractivity contribution is 6.35. The Morgan fingerprint density at radius 3 is 1.86 bits per heavy atom. The van der Waals surface area contributed by atoms with Gasteiger partial charge in [-0.25, -0.2) is 9.59 Å². The number of aryl methyl sites for hydroxylation is 1. The average Bonchev–Trinajstić information content (AvgIpc) is 3.18. The molecule has 5 aromatic carbocycles. The standard InChI is InChI=1S/C44H39NO6/c46-42(31-17-20-36(21-18-31)49-28-27-45-25-8-3-9-26-45)41-39(34-15-10-16-37(29-34)50-43(47)32-11-4-1-5-12-32)23-19-35-30-38(22-24-40(35)41)51-44(48)33-13-6-2-7-14-33/h1-2,4-7,10-18,20-22,24,29-30H,3,8-9,19,23,25-28H2. The third kappa shape index (κ3) is 8.17. The van der Waals surface area contributed by atoms with Gasteiger partial charge in [-0.2, -0.15) is 0 Å². The normalized spacial score (nSPS) is 14.4. The van der Waals surface area contributed by atoms with Crippen molar-refractivity contribution < 1.29 is 28.6 Å². The Hall–Kier alpha value is -5.79. The second kappa shape index (κ2) is 15.8. The third-order valence-electron chi connectivity index (χ3n) is 9.38. The molecule has 51 heavy (non-hydrogen) atoms. The maximum Gasteiger partial charge on any atom is 0.343 e. The van der Waals surface area contributed by atoms with Crippen LogP contribution in [0, 0.1) is 0 Å². The molecule has 5 aromatic rings. The predicted octanol–water partition coefficient (Wildman–Crippen LogP) is 8.73. The van der Waals surface area contributed by atoms with E-state index in [1.807, 2.05) is 66.7 Å². The fraction of sp³-hybridized carbons (Fsp3) is 0.205. The van der Waals surface area contributed by atoms with Crippen molar-refractivity contribution in [3.63, 3.8) is 0 Å². The molecule has 1 heterocycles. The molecule has 0 amide bonds. The second-order valence-electron chi connectivity index (χ2n) is 12.8.